The number of rotatable bonds is 2. The van der Waals surface area contributed by atoms with Gasteiger partial charge >= 0.3 is 0 Å². The van der Waals surface area contributed by atoms with Crippen LogP contribution in [0.2, 0.25) is 0 Å². The average molecular weight is 125 g/mol. The Hall–Kier alpha value is -0.850. The summed E-state index contributed by atoms with van der Waals surface area (Å²) in [5, 5.41) is 0. The molecule has 0 heterocycles. The summed E-state index contributed by atoms with van der Waals surface area (Å²) in [6.45, 7) is 12.7. The maximum atomic E-state index is 3.62. The van der Waals surface area contributed by atoms with Gasteiger partial charge in [0.05, 0.1) is 0 Å². The highest BCUT2D eigenvalue weighted by Crippen LogP contribution is 1.89. The molecule has 0 aromatic rings. The summed E-state index contributed by atoms with van der Waals surface area (Å²) in [5.74, 6) is 0. The molecule has 1 nitrogen and oxygen atoms in total. The van der Waals surface area contributed by atoms with Crippen molar-refractivity contribution in [1.29, 1.82) is 0 Å². The molecule has 0 rings (SSSR count). The molecule has 0 saturated carbocycles. The maximum absolute atomic E-state index is 3.62. The van der Waals surface area contributed by atoms with Gasteiger partial charge in [0.15, 0.2) is 0 Å². The molecule has 52 valence electrons. The van der Waals surface area contributed by atoms with E-state index in [1.165, 1.54) is 0 Å². The molecule has 0 N–H and O–H groups in total. The highest BCUT2D eigenvalue weighted by Gasteiger charge is 1.69. The first kappa shape index (κ1) is 11.0. The minimum absolute atomic E-state index is 0.898. The van der Waals surface area contributed by atoms with Gasteiger partial charge < -0.3 is 0 Å². The van der Waals surface area contributed by atoms with Crippen LogP contribution in [0.5, 0.6) is 0 Å². The average Bonchev–Trinajstić information content (AvgIpc) is 1.93. The second-order valence-electron chi connectivity index (χ2n) is 1.20. The van der Waals surface area contributed by atoms with Crippen LogP contribution in [0, 0.1) is 0 Å². The van der Waals surface area contributed by atoms with Crippen LogP contribution in [0.25, 0.3) is 0 Å². The molecule has 0 amide bonds. The van der Waals surface area contributed by atoms with Crippen molar-refractivity contribution in [3.05, 3.63) is 24.4 Å². The summed E-state index contributed by atoms with van der Waals surface area (Å²) < 4.78 is 0. The Balaban J connectivity index is 0. The molecule has 1 heteroatoms. The van der Waals surface area contributed by atoms with Gasteiger partial charge in [-0.3, -0.25) is 4.99 Å². The molecule has 0 radical (unpaired) electrons. The Morgan fingerprint density at radius 1 is 1.44 bits per heavy atom. The molecule has 0 spiro atoms. The zero-order valence-corrected chi connectivity index (χ0v) is 6.52. The van der Waals surface area contributed by atoms with E-state index in [0.717, 1.165) is 5.70 Å². The SMILES string of the molecule is C=C/C=C(\C)N=C.CC. The van der Waals surface area contributed by atoms with E-state index in [1.54, 1.807) is 12.2 Å². The summed E-state index contributed by atoms with van der Waals surface area (Å²) in [4.78, 5) is 3.62. The van der Waals surface area contributed by atoms with Gasteiger partial charge in [-0.05, 0) is 19.7 Å². The Bertz CT molecular complexity index is 101. The van der Waals surface area contributed by atoms with Crippen molar-refractivity contribution in [2.45, 2.75) is 20.8 Å². The monoisotopic (exact) mass is 125 g/mol. The molecular weight excluding hydrogens is 110 g/mol. The molecule has 0 aliphatic heterocycles. The van der Waals surface area contributed by atoms with E-state index in [9.17, 15) is 0 Å². The van der Waals surface area contributed by atoms with Crippen molar-refractivity contribution < 1.29 is 0 Å². The normalized spacial score (nSPS) is 9.00. The number of hydrogen-bond donors (Lipinski definition) is 0. The van der Waals surface area contributed by atoms with Crippen molar-refractivity contribution in [3.63, 3.8) is 0 Å². The lowest BCUT2D eigenvalue weighted by Gasteiger charge is -1.80. The fraction of sp³-hybridized carbons (Fsp3) is 0.375. The molecule has 0 atom stereocenters. The summed E-state index contributed by atoms with van der Waals surface area (Å²) in [6, 6.07) is 0. The second kappa shape index (κ2) is 10.2. The van der Waals surface area contributed by atoms with Crippen molar-refractivity contribution in [2.24, 2.45) is 4.99 Å². The van der Waals surface area contributed by atoms with E-state index < -0.39 is 0 Å². The van der Waals surface area contributed by atoms with Crippen LogP contribution >= 0.6 is 0 Å². The molecule has 0 unspecified atom stereocenters. The number of nitrogens with zero attached hydrogens (tertiary/aromatic N) is 1. The van der Waals surface area contributed by atoms with E-state index in [1.807, 2.05) is 20.8 Å². The third-order valence-corrected chi connectivity index (χ3v) is 0.608. The number of aliphatic imine (C=N–C) groups is 1. The largest absolute Gasteiger partial charge is 0.269 e. The van der Waals surface area contributed by atoms with Crippen LogP contribution in [0.15, 0.2) is 29.4 Å². The molecule has 0 aliphatic rings. The second-order valence-corrected chi connectivity index (χ2v) is 1.20. The van der Waals surface area contributed by atoms with E-state index in [2.05, 4.69) is 18.3 Å². The summed E-state index contributed by atoms with van der Waals surface area (Å²) in [6.07, 6.45) is 3.48. The van der Waals surface area contributed by atoms with E-state index >= 15 is 0 Å². The Kier molecular flexibility index (Phi) is 12.5. The summed E-state index contributed by atoms with van der Waals surface area (Å²) >= 11 is 0. The molecule has 9 heavy (non-hydrogen) atoms. The van der Waals surface area contributed by atoms with Crippen molar-refractivity contribution in [2.75, 3.05) is 0 Å². The highest BCUT2D eigenvalue weighted by atomic mass is 14.7. The first-order valence-electron chi connectivity index (χ1n) is 3.07. The van der Waals surface area contributed by atoms with Gasteiger partial charge in [0.1, 0.15) is 0 Å². The zero-order valence-electron chi connectivity index (χ0n) is 6.52. The van der Waals surface area contributed by atoms with E-state index in [0.29, 0.717) is 0 Å². The first-order valence-corrected chi connectivity index (χ1v) is 3.07. The van der Waals surface area contributed by atoms with Gasteiger partial charge in [-0.25, -0.2) is 0 Å². The third-order valence-electron chi connectivity index (χ3n) is 0.608. The van der Waals surface area contributed by atoms with E-state index in [-0.39, 0.29) is 0 Å². The predicted octanol–water partition coefficient (Wildman–Crippen LogP) is 2.80. The van der Waals surface area contributed by atoms with Gasteiger partial charge in [0.2, 0.25) is 0 Å². The molecule has 0 fully saturated rings. The van der Waals surface area contributed by atoms with Crippen LogP contribution < -0.4 is 0 Å². The van der Waals surface area contributed by atoms with Crippen LogP contribution in [0.1, 0.15) is 20.8 Å². The molecule has 0 saturated heterocycles. The van der Waals surface area contributed by atoms with E-state index in [4.69, 9.17) is 0 Å². The van der Waals surface area contributed by atoms with Crippen molar-refractivity contribution in [1.82, 2.24) is 0 Å². The Labute approximate surface area is 57.8 Å². The number of hydrogen-bond acceptors (Lipinski definition) is 1. The molecule has 0 aromatic carbocycles. The topological polar surface area (TPSA) is 12.4 Å². The fourth-order valence-electron chi connectivity index (χ4n) is 0.223. The molecule has 0 bridgehead atoms. The van der Waals surface area contributed by atoms with Gasteiger partial charge in [-0.15, -0.1) is 0 Å². The lowest BCUT2D eigenvalue weighted by Crippen LogP contribution is -1.60. The van der Waals surface area contributed by atoms with Crippen molar-refractivity contribution in [3.8, 4) is 0 Å². The summed E-state index contributed by atoms with van der Waals surface area (Å²) in [7, 11) is 0. The van der Waals surface area contributed by atoms with Crippen molar-refractivity contribution >= 4 is 6.72 Å². The lowest BCUT2D eigenvalue weighted by atomic mass is 10.4. The smallest absolute Gasteiger partial charge is 0.0365 e. The highest BCUT2D eigenvalue weighted by molar-refractivity contribution is 5.29. The number of allylic oxidation sites excluding steroid dienone is 3. The minimum Gasteiger partial charge on any atom is -0.269 e. The molecule has 0 aromatic heterocycles. The first-order chi connectivity index (χ1) is 4.31. The van der Waals surface area contributed by atoms with Crippen LogP contribution in [0.4, 0.5) is 0 Å². The van der Waals surface area contributed by atoms with Crippen LogP contribution in [-0.2, 0) is 0 Å². The fourth-order valence-corrected chi connectivity index (χ4v) is 0.223. The van der Waals surface area contributed by atoms with Gasteiger partial charge in [-0.1, -0.05) is 26.5 Å². The maximum Gasteiger partial charge on any atom is 0.0365 e. The van der Waals surface area contributed by atoms with Crippen LogP contribution in [0.3, 0.4) is 0 Å². The standard InChI is InChI=1S/C6H9N.C2H6/c1-4-5-6(2)7-3;1-2/h4-5H,1,3H2,2H3;1-2H3/b6-5+;. The minimum atomic E-state index is 0.898. The lowest BCUT2D eigenvalue weighted by molar-refractivity contribution is 1.33. The third kappa shape index (κ3) is 11.0. The van der Waals surface area contributed by atoms with Gasteiger partial charge in [0.25, 0.3) is 0 Å². The van der Waals surface area contributed by atoms with Gasteiger partial charge in [0, 0.05) is 5.70 Å². The van der Waals surface area contributed by atoms with Gasteiger partial charge in [-0.2, -0.15) is 0 Å². The predicted molar refractivity (Wildman–Crippen MR) is 44.9 cm³/mol. The zero-order chi connectivity index (χ0) is 7.70. The Morgan fingerprint density at radius 3 is 2.00 bits per heavy atom. The molecule has 0 aliphatic carbocycles. The molecular formula is C8H15N. The Morgan fingerprint density at radius 2 is 1.89 bits per heavy atom. The summed E-state index contributed by atoms with van der Waals surface area (Å²) in [5.41, 5.74) is 0.898. The quantitative estimate of drug-likeness (QED) is 0.397. The van der Waals surface area contributed by atoms with Crippen LogP contribution in [-0.4, -0.2) is 6.72 Å².